The molecule has 100 valence electrons. The van der Waals surface area contributed by atoms with Crippen LogP contribution in [0.3, 0.4) is 0 Å². The Morgan fingerprint density at radius 2 is 2.00 bits per heavy atom. The second-order valence-corrected chi connectivity index (χ2v) is 4.41. The Labute approximate surface area is 112 Å². The molecule has 2 N–H and O–H groups in total. The minimum Gasteiger partial charge on any atom is -0.354 e. The Morgan fingerprint density at radius 1 is 1.26 bits per heavy atom. The largest absolute Gasteiger partial charge is 0.354 e. The topological polar surface area (TPSA) is 59.0 Å². The van der Waals surface area contributed by atoms with Gasteiger partial charge in [-0.1, -0.05) is 17.7 Å². The van der Waals surface area contributed by atoms with E-state index in [4.69, 9.17) is 0 Å². The van der Waals surface area contributed by atoms with E-state index in [2.05, 4.69) is 15.6 Å². The lowest BCUT2D eigenvalue weighted by molar-refractivity contribution is 0.0955. The zero-order valence-corrected chi connectivity index (χ0v) is 11.2. The van der Waals surface area contributed by atoms with Gasteiger partial charge in [0.1, 0.15) is 0 Å². The lowest BCUT2D eigenvalue weighted by Gasteiger charge is -2.07. The molecule has 1 amide bonds. The molecule has 0 aliphatic rings. The van der Waals surface area contributed by atoms with Crippen LogP contribution in [0.25, 0.3) is 0 Å². The fourth-order valence-corrected chi connectivity index (χ4v) is 1.69. The normalized spacial score (nSPS) is 10.2. The van der Waals surface area contributed by atoms with Gasteiger partial charge in [0.15, 0.2) is 0 Å². The number of anilines is 1. The number of nitrogens with one attached hydrogen (secondary N) is 2. The molecule has 0 radical (unpaired) electrons. The lowest BCUT2D eigenvalue weighted by Crippen LogP contribution is -2.29. The molecule has 19 heavy (non-hydrogen) atoms. The molecule has 0 saturated heterocycles. The van der Waals surface area contributed by atoms with Gasteiger partial charge in [0, 0.05) is 38.1 Å². The molecule has 0 spiro atoms. The third-order valence-corrected chi connectivity index (χ3v) is 2.83. The number of hydrogen-bond donors (Lipinski definition) is 2. The van der Waals surface area contributed by atoms with E-state index in [0.29, 0.717) is 18.7 Å². The van der Waals surface area contributed by atoms with Crippen molar-refractivity contribution in [2.75, 3.05) is 18.4 Å². The summed E-state index contributed by atoms with van der Waals surface area (Å²) in [6.45, 7) is 3.19. The molecule has 0 fully saturated rings. The van der Waals surface area contributed by atoms with Gasteiger partial charge in [0.2, 0.25) is 5.95 Å². The zero-order valence-electron chi connectivity index (χ0n) is 11.2. The minimum atomic E-state index is -0.0540. The molecule has 1 aromatic carbocycles. The van der Waals surface area contributed by atoms with E-state index >= 15 is 0 Å². The molecule has 0 aliphatic carbocycles. The molecule has 0 atom stereocenters. The highest BCUT2D eigenvalue weighted by molar-refractivity contribution is 5.94. The predicted octanol–water partition coefficient (Wildman–Crippen LogP) is 1.57. The Morgan fingerprint density at radius 3 is 2.63 bits per heavy atom. The maximum atomic E-state index is 11.8. The Balaban J connectivity index is 1.75. The first-order valence-electron chi connectivity index (χ1n) is 6.23. The second-order valence-electron chi connectivity index (χ2n) is 4.41. The molecule has 0 saturated carbocycles. The summed E-state index contributed by atoms with van der Waals surface area (Å²) in [6, 6.07) is 7.52. The third kappa shape index (κ3) is 3.58. The van der Waals surface area contributed by atoms with Crippen molar-refractivity contribution in [3.8, 4) is 0 Å². The van der Waals surface area contributed by atoms with Gasteiger partial charge in [-0.25, -0.2) is 4.98 Å². The molecule has 0 bridgehead atoms. The van der Waals surface area contributed by atoms with Gasteiger partial charge in [-0.05, 0) is 19.1 Å². The first-order chi connectivity index (χ1) is 9.16. The maximum Gasteiger partial charge on any atom is 0.251 e. The number of nitrogens with zero attached hydrogens (tertiary/aromatic N) is 2. The van der Waals surface area contributed by atoms with Crippen LogP contribution >= 0.6 is 0 Å². The molecule has 1 heterocycles. The standard InChI is InChI=1S/C14H18N4O/c1-11-3-5-12(6-4-11)13(19)15-7-8-16-14-17-9-10-18(14)2/h3-6,9-10H,7-8H2,1-2H3,(H,15,19)(H,16,17). The van der Waals surface area contributed by atoms with Crippen molar-refractivity contribution in [3.05, 3.63) is 47.8 Å². The molecule has 0 unspecified atom stereocenters. The van der Waals surface area contributed by atoms with Crippen LogP contribution in [0.1, 0.15) is 15.9 Å². The van der Waals surface area contributed by atoms with Crippen LogP contribution in [0.15, 0.2) is 36.7 Å². The summed E-state index contributed by atoms with van der Waals surface area (Å²) in [6.07, 6.45) is 3.60. The summed E-state index contributed by atoms with van der Waals surface area (Å²) in [4.78, 5) is 16.0. The van der Waals surface area contributed by atoms with Crippen LogP contribution in [-0.4, -0.2) is 28.5 Å². The van der Waals surface area contributed by atoms with Gasteiger partial charge < -0.3 is 15.2 Å². The van der Waals surface area contributed by atoms with Crippen molar-refractivity contribution >= 4 is 11.9 Å². The van der Waals surface area contributed by atoms with Crippen LogP contribution in [0, 0.1) is 6.92 Å². The number of carbonyl (C=O) groups is 1. The highest BCUT2D eigenvalue weighted by Gasteiger charge is 2.04. The number of carbonyl (C=O) groups excluding carboxylic acids is 1. The van der Waals surface area contributed by atoms with Crippen LogP contribution in [0.2, 0.25) is 0 Å². The summed E-state index contributed by atoms with van der Waals surface area (Å²) < 4.78 is 1.89. The molecular weight excluding hydrogens is 240 g/mol. The van der Waals surface area contributed by atoms with Gasteiger partial charge in [0.25, 0.3) is 5.91 Å². The van der Waals surface area contributed by atoms with Gasteiger partial charge in [-0.2, -0.15) is 0 Å². The van der Waals surface area contributed by atoms with Crippen LogP contribution < -0.4 is 10.6 Å². The summed E-state index contributed by atoms with van der Waals surface area (Å²) in [5, 5.41) is 6.01. The fourth-order valence-electron chi connectivity index (χ4n) is 1.69. The minimum absolute atomic E-state index is 0.0540. The summed E-state index contributed by atoms with van der Waals surface area (Å²) in [5.41, 5.74) is 1.83. The first kappa shape index (κ1) is 13.1. The van der Waals surface area contributed by atoms with Gasteiger partial charge in [0.05, 0.1) is 0 Å². The van der Waals surface area contributed by atoms with E-state index in [9.17, 15) is 4.79 Å². The second kappa shape index (κ2) is 6.04. The Kier molecular flexibility index (Phi) is 4.18. The molecule has 1 aromatic heterocycles. The highest BCUT2D eigenvalue weighted by Crippen LogP contribution is 2.02. The van der Waals surface area contributed by atoms with E-state index in [0.717, 1.165) is 11.5 Å². The van der Waals surface area contributed by atoms with Gasteiger partial charge in [-0.3, -0.25) is 4.79 Å². The number of aromatic nitrogens is 2. The van der Waals surface area contributed by atoms with Crippen LogP contribution in [-0.2, 0) is 7.05 Å². The number of amides is 1. The fraction of sp³-hybridized carbons (Fsp3) is 0.286. The van der Waals surface area contributed by atoms with Crippen LogP contribution in [0.4, 0.5) is 5.95 Å². The van der Waals surface area contributed by atoms with E-state index in [-0.39, 0.29) is 5.91 Å². The zero-order chi connectivity index (χ0) is 13.7. The van der Waals surface area contributed by atoms with Gasteiger partial charge >= 0.3 is 0 Å². The highest BCUT2D eigenvalue weighted by atomic mass is 16.1. The van der Waals surface area contributed by atoms with Crippen molar-refractivity contribution in [1.82, 2.24) is 14.9 Å². The molecule has 0 aliphatic heterocycles. The monoisotopic (exact) mass is 258 g/mol. The molecule has 5 heteroatoms. The average molecular weight is 258 g/mol. The maximum absolute atomic E-state index is 11.8. The van der Waals surface area contributed by atoms with E-state index in [1.54, 1.807) is 6.20 Å². The van der Waals surface area contributed by atoms with Crippen molar-refractivity contribution in [2.45, 2.75) is 6.92 Å². The summed E-state index contributed by atoms with van der Waals surface area (Å²) >= 11 is 0. The van der Waals surface area contributed by atoms with E-state index < -0.39 is 0 Å². The van der Waals surface area contributed by atoms with Crippen molar-refractivity contribution < 1.29 is 4.79 Å². The quantitative estimate of drug-likeness (QED) is 0.800. The van der Waals surface area contributed by atoms with Crippen molar-refractivity contribution in [2.24, 2.45) is 7.05 Å². The predicted molar refractivity (Wildman–Crippen MR) is 75.2 cm³/mol. The Bertz CT molecular complexity index is 545. The number of rotatable bonds is 5. The van der Waals surface area contributed by atoms with Gasteiger partial charge in [-0.15, -0.1) is 0 Å². The number of benzene rings is 1. The summed E-state index contributed by atoms with van der Waals surface area (Å²) in [7, 11) is 1.92. The molecular formula is C14H18N4O. The van der Waals surface area contributed by atoms with Crippen molar-refractivity contribution in [3.63, 3.8) is 0 Å². The van der Waals surface area contributed by atoms with E-state index in [1.165, 1.54) is 0 Å². The summed E-state index contributed by atoms with van der Waals surface area (Å²) in [5.74, 6) is 0.742. The number of hydrogen-bond acceptors (Lipinski definition) is 3. The first-order valence-corrected chi connectivity index (χ1v) is 6.23. The molecule has 2 aromatic rings. The molecule has 5 nitrogen and oxygen atoms in total. The van der Waals surface area contributed by atoms with Crippen molar-refractivity contribution in [1.29, 1.82) is 0 Å². The third-order valence-electron chi connectivity index (χ3n) is 2.83. The average Bonchev–Trinajstić information content (AvgIpc) is 2.81. The number of aryl methyl sites for hydroxylation is 2. The number of imidazole rings is 1. The molecule has 2 rings (SSSR count). The van der Waals surface area contributed by atoms with Crippen LogP contribution in [0.5, 0.6) is 0 Å². The van der Waals surface area contributed by atoms with E-state index in [1.807, 2.05) is 49.0 Å². The lowest BCUT2D eigenvalue weighted by atomic mass is 10.1. The SMILES string of the molecule is Cc1ccc(C(=O)NCCNc2nccn2C)cc1. The smallest absolute Gasteiger partial charge is 0.251 e. The Hall–Kier alpha value is -2.30.